The normalized spacial score (nSPS) is 11.5. The molecule has 2 aromatic carbocycles. The van der Waals surface area contributed by atoms with E-state index in [9.17, 15) is 8.42 Å². The van der Waals surface area contributed by atoms with Gasteiger partial charge in [0.25, 0.3) is 0 Å². The maximum absolute atomic E-state index is 11.8. The number of halogens is 1. The second-order valence-corrected chi connectivity index (χ2v) is 8.76. The van der Waals surface area contributed by atoms with Crippen LogP contribution >= 0.6 is 22.9 Å². The molecule has 26 heavy (non-hydrogen) atoms. The van der Waals surface area contributed by atoms with Crippen LogP contribution in [0.15, 0.2) is 53.9 Å². The summed E-state index contributed by atoms with van der Waals surface area (Å²) in [6.07, 6.45) is 0. The SMILES string of the molecule is CN(C)S(=O)(=O)Nc1ccc(-c2csc(Nc3ccccc3Cl)n2)cc1. The van der Waals surface area contributed by atoms with E-state index in [4.69, 9.17) is 11.6 Å². The van der Waals surface area contributed by atoms with E-state index in [0.717, 1.165) is 26.4 Å². The number of nitrogens with one attached hydrogen (secondary N) is 2. The zero-order valence-corrected chi connectivity index (χ0v) is 16.5. The molecule has 0 unspecified atom stereocenters. The molecule has 0 saturated carbocycles. The monoisotopic (exact) mass is 408 g/mol. The quantitative estimate of drug-likeness (QED) is 0.632. The van der Waals surface area contributed by atoms with E-state index in [2.05, 4.69) is 15.0 Å². The van der Waals surface area contributed by atoms with Gasteiger partial charge in [0.1, 0.15) is 0 Å². The number of thiazole rings is 1. The van der Waals surface area contributed by atoms with Gasteiger partial charge in [-0.15, -0.1) is 11.3 Å². The third-order valence-electron chi connectivity index (χ3n) is 3.53. The Bertz CT molecular complexity index is 1000. The lowest BCUT2D eigenvalue weighted by Crippen LogP contribution is -2.28. The molecule has 0 spiro atoms. The molecule has 0 saturated heterocycles. The molecule has 0 radical (unpaired) electrons. The zero-order valence-electron chi connectivity index (χ0n) is 14.1. The second kappa shape index (κ2) is 7.63. The van der Waals surface area contributed by atoms with Crippen LogP contribution < -0.4 is 10.0 Å². The van der Waals surface area contributed by atoms with Gasteiger partial charge in [-0.2, -0.15) is 12.7 Å². The summed E-state index contributed by atoms with van der Waals surface area (Å²) in [4.78, 5) is 4.55. The molecule has 0 amide bonds. The molecule has 0 atom stereocenters. The molecule has 2 N–H and O–H groups in total. The molecule has 3 aromatic rings. The van der Waals surface area contributed by atoms with Crippen molar-refractivity contribution in [3.63, 3.8) is 0 Å². The van der Waals surface area contributed by atoms with Crippen LogP contribution in [0.5, 0.6) is 0 Å². The maximum Gasteiger partial charge on any atom is 0.301 e. The fourth-order valence-electron chi connectivity index (χ4n) is 2.09. The third kappa shape index (κ3) is 4.34. The molecule has 6 nitrogen and oxygen atoms in total. The van der Waals surface area contributed by atoms with E-state index in [0.29, 0.717) is 10.7 Å². The van der Waals surface area contributed by atoms with Crippen molar-refractivity contribution in [1.82, 2.24) is 9.29 Å². The molecule has 1 aromatic heterocycles. The highest BCUT2D eigenvalue weighted by Gasteiger charge is 2.13. The van der Waals surface area contributed by atoms with Gasteiger partial charge in [-0.05, 0) is 24.3 Å². The number of para-hydroxylation sites is 1. The number of hydrogen-bond acceptors (Lipinski definition) is 5. The van der Waals surface area contributed by atoms with Crippen LogP contribution in [-0.2, 0) is 10.2 Å². The number of benzene rings is 2. The lowest BCUT2D eigenvalue weighted by Gasteiger charge is -2.13. The first-order valence-electron chi connectivity index (χ1n) is 7.63. The van der Waals surface area contributed by atoms with Crippen molar-refractivity contribution in [2.24, 2.45) is 0 Å². The van der Waals surface area contributed by atoms with Gasteiger partial charge in [0.05, 0.1) is 16.4 Å². The Balaban J connectivity index is 1.74. The van der Waals surface area contributed by atoms with Crippen molar-refractivity contribution >= 4 is 49.7 Å². The van der Waals surface area contributed by atoms with Crippen molar-refractivity contribution in [3.8, 4) is 11.3 Å². The highest BCUT2D eigenvalue weighted by molar-refractivity contribution is 7.90. The van der Waals surface area contributed by atoms with Crippen LogP contribution in [0.4, 0.5) is 16.5 Å². The lowest BCUT2D eigenvalue weighted by molar-refractivity contribution is 0.527. The summed E-state index contributed by atoms with van der Waals surface area (Å²) >= 11 is 7.61. The van der Waals surface area contributed by atoms with Crippen LogP contribution in [0.2, 0.25) is 5.02 Å². The van der Waals surface area contributed by atoms with Gasteiger partial charge in [0.15, 0.2) is 5.13 Å². The molecule has 136 valence electrons. The predicted molar refractivity (Wildman–Crippen MR) is 109 cm³/mol. The molecular formula is C17H17ClN4O2S2. The van der Waals surface area contributed by atoms with Gasteiger partial charge < -0.3 is 5.32 Å². The number of aromatic nitrogens is 1. The minimum Gasteiger partial charge on any atom is -0.330 e. The largest absolute Gasteiger partial charge is 0.330 e. The second-order valence-electron chi connectivity index (χ2n) is 5.61. The van der Waals surface area contributed by atoms with Gasteiger partial charge in [0, 0.05) is 30.7 Å². The fourth-order valence-corrected chi connectivity index (χ4v) is 3.62. The van der Waals surface area contributed by atoms with Gasteiger partial charge >= 0.3 is 10.2 Å². The van der Waals surface area contributed by atoms with Crippen LogP contribution in [0.25, 0.3) is 11.3 Å². The molecule has 1 heterocycles. The molecule has 0 aliphatic heterocycles. The lowest BCUT2D eigenvalue weighted by atomic mass is 10.1. The first-order valence-corrected chi connectivity index (χ1v) is 10.3. The first-order chi connectivity index (χ1) is 12.3. The number of nitrogens with zero attached hydrogens (tertiary/aromatic N) is 2. The van der Waals surface area contributed by atoms with Crippen LogP contribution in [0.1, 0.15) is 0 Å². The summed E-state index contributed by atoms with van der Waals surface area (Å²) < 4.78 is 27.3. The predicted octanol–water partition coefficient (Wildman–Crippen LogP) is 4.43. The maximum atomic E-state index is 11.8. The van der Waals surface area contributed by atoms with Crippen molar-refractivity contribution in [2.45, 2.75) is 0 Å². The molecule has 0 fully saturated rings. The van der Waals surface area contributed by atoms with Gasteiger partial charge in [0.2, 0.25) is 0 Å². The number of rotatable bonds is 6. The fraction of sp³-hybridized carbons (Fsp3) is 0.118. The Morgan fingerprint density at radius 2 is 1.77 bits per heavy atom. The summed E-state index contributed by atoms with van der Waals surface area (Å²) in [6, 6.07) is 14.5. The molecule has 3 rings (SSSR count). The van der Waals surface area contributed by atoms with Gasteiger partial charge in [-0.1, -0.05) is 35.9 Å². The Labute approximate surface area is 161 Å². The van der Waals surface area contributed by atoms with E-state index in [1.807, 2.05) is 41.8 Å². The smallest absolute Gasteiger partial charge is 0.301 e. The van der Waals surface area contributed by atoms with Crippen LogP contribution in [0, 0.1) is 0 Å². The average Bonchev–Trinajstić information content (AvgIpc) is 3.06. The molecule has 9 heteroatoms. The Morgan fingerprint density at radius 1 is 1.08 bits per heavy atom. The first kappa shape index (κ1) is 18.7. The zero-order chi connectivity index (χ0) is 18.7. The minimum absolute atomic E-state index is 0.493. The summed E-state index contributed by atoms with van der Waals surface area (Å²) in [5.74, 6) is 0. The molecule has 0 aliphatic rings. The molecular weight excluding hydrogens is 392 g/mol. The summed E-state index contributed by atoms with van der Waals surface area (Å²) in [5, 5.41) is 6.48. The molecule has 0 bridgehead atoms. The van der Waals surface area contributed by atoms with E-state index < -0.39 is 10.2 Å². The standard InChI is InChI=1S/C17H17ClN4O2S2/c1-22(2)26(23,24)21-13-9-7-12(8-10-13)16-11-25-17(20-16)19-15-6-4-3-5-14(15)18/h3-11,21H,1-2H3,(H,19,20). The van der Waals surface area contributed by atoms with Crippen molar-refractivity contribution in [2.75, 3.05) is 24.1 Å². The van der Waals surface area contributed by atoms with Crippen molar-refractivity contribution < 1.29 is 8.42 Å². The summed E-state index contributed by atoms with van der Waals surface area (Å²) in [5.41, 5.74) is 2.98. The summed E-state index contributed by atoms with van der Waals surface area (Å²) in [7, 11) is -0.573. The highest BCUT2D eigenvalue weighted by atomic mass is 35.5. The van der Waals surface area contributed by atoms with E-state index in [1.165, 1.54) is 25.4 Å². The van der Waals surface area contributed by atoms with Crippen molar-refractivity contribution in [3.05, 3.63) is 58.9 Å². The van der Waals surface area contributed by atoms with Gasteiger partial charge in [-0.25, -0.2) is 4.98 Å². The Morgan fingerprint density at radius 3 is 2.42 bits per heavy atom. The third-order valence-corrected chi connectivity index (χ3v) is 6.07. The van der Waals surface area contributed by atoms with E-state index in [1.54, 1.807) is 12.1 Å². The number of hydrogen-bond donors (Lipinski definition) is 2. The molecule has 0 aliphatic carbocycles. The topological polar surface area (TPSA) is 74.3 Å². The average molecular weight is 409 g/mol. The minimum atomic E-state index is -3.52. The van der Waals surface area contributed by atoms with E-state index in [-0.39, 0.29) is 0 Å². The Kier molecular flexibility index (Phi) is 5.47. The van der Waals surface area contributed by atoms with Gasteiger partial charge in [-0.3, -0.25) is 4.72 Å². The Hall–Kier alpha value is -2.13. The van der Waals surface area contributed by atoms with Crippen LogP contribution in [0.3, 0.4) is 0 Å². The highest BCUT2D eigenvalue weighted by Crippen LogP contribution is 2.30. The summed E-state index contributed by atoms with van der Waals surface area (Å²) in [6.45, 7) is 0. The van der Waals surface area contributed by atoms with Crippen molar-refractivity contribution in [1.29, 1.82) is 0 Å². The van der Waals surface area contributed by atoms with E-state index >= 15 is 0 Å². The number of anilines is 3. The van der Waals surface area contributed by atoms with Crippen LogP contribution in [-0.4, -0.2) is 31.8 Å².